The van der Waals surface area contributed by atoms with Crippen LogP contribution < -0.4 is 20.7 Å². The fourth-order valence-corrected chi connectivity index (χ4v) is 4.17. The van der Waals surface area contributed by atoms with Gasteiger partial charge in [0.25, 0.3) is 0 Å². The van der Waals surface area contributed by atoms with Gasteiger partial charge in [-0.2, -0.15) is 0 Å². The third-order valence-electron chi connectivity index (χ3n) is 6.04. The first-order valence-electron chi connectivity index (χ1n) is 11.7. The van der Waals surface area contributed by atoms with Crippen LogP contribution in [-0.2, 0) is 6.61 Å². The van der Waals surface area contributed by atoms with Crippen LogP contribution in [0.5, 0.6) is 5.75 Å². The van der Waals surface area contributed by atoms with E-state index in [-0.39, 0.29) is 24.5 Å². The molecule has 0 spiro atoms. The minimum absolute atomic E-state index is 0.00368. The minimum atomic E-state index is -0.424. The Kier molecular flexibility index (Phi) is 7.77. The Morgan fingerprint density at radius 1 is 1.09 bits per heavy atom. The van der Waals surface area contributed by atoms with E-state index in [4.69, 9.17) is 4.74 Å². The van der Waals surface area contributed by atoms with E-state index in [1.165, 1.54) is 18.2 Å². The van der Waals surface area contributed by atoms with Crippen molar-refractivity contribution in [2.75, 3.05) is 18.9 Å². The van der Waals surface area contributed by atoms with Crippen molar-refractivity contribution in [2.45, 2.75) is 32.4 Å². The highest BCUT2D eigenvalue weighted by Gasteiger charge is 2.22. The summed E-state index contributed by atoms with van der Waals surface area (Å²) in [5.74, 6) is -0.447. The van der Waals surface area contributed by atoms with Gasteiger partial charge in [-0.3, -0.25) is 0 Å². The number of carbonyl (C=O) groups excluding carboxylic acids is 1. The summed E-state index contributed by atoms with van der Waals surface area (Å²) in [4.78, 5) is 12.5. The molecule has 1 aliphatic heterocycles. The summed E-state index contributed by atoms with van der Waals surface area (Å²) in [5.41, 5.74) is 3.91. The molecule has 0 saturated heterocycles. The smallest absolute Gasteiger partial charge is 0.319 e. The third-order valence-corrected chi connectivity index (χ3v) is 6.04. The van der Waals surface area contributed by atoms with Gasteiger partial charge < -0.3 is 20.7 Å². The van der Waals surface area contributed by atoms with Crippen molar-refractivity contribution in [3.63, 3.8) is 0 Å². The van der Waals surface area contributed by atoms with Gasteiger partial charge in [0.05, 0.1) is 0 Å². The number of ether oxygens (including phenoxy) is 1. The van der Waals surface area contributed by atoms with Gasteiger partial charge in [-0.25, -0.2) is 13.6 Å². The molecule has 1 heterocycles. The summed E-state index contributed by atoms with van der Waals surface area (Å²) in [7, 11) is 1.88. The van der Waals surface area contributed by atoms with E-state index >= 15 is 0 Å². The topological polar surface area (TPSA) is 62.4 Å². The predicted molar refractivity (Wildman–Crippen MR) is 135 cm³/mol. The van der Waals surface area contributed by atoms with Crippen molar-refractivity contribution in [1.29, 1.82) is 0 Å². The fraction of sp³-hybridized carbons (Fsp3) is 0.250. The van der Waals surface area contributed by atoms with Crippen molar-refractivity contribution < 1.29 is 18.3 Å². The number of benzene rings is 3. The number of hydrogen-bond donors (Lipinski definition) is 3. The van der Waals surface area contributed by atoms with E-state index in [1.54, 1.807) is 12.1 Å². The van der Waals surface area contributed by atoms with E-state index < -0.39 is 5.82 Å². The number of fused-ring (bicyclic) bond motifs is 2. The van der Waals surface area contributed by atoms with Gasteiger partial charge in [0.15, 0.2) is 0 Å². The third kappa shape index (κ3) is 5.87. The lowest BCUT2D eigenvalue weighted by Gasteiger charge is -2.17. The summed E-state index contributed by atoms with van der Waals surface area (Å²) in [6.45, 7) is 2.86. The average molecular weight is 478 g/mol. The van der Waals surface area contributed by atoms with E-state index in [1.807, 2.05) is 50.4 Å². The maximum absolute atomic E-state index is 14.6. The highest BCUT2D eigenvalue weighted by Crippen LogP contribution is 2.39. The molecule has 0 bridgehead atoms. The van der Waals surface area contributed by atoms with Crippen molar-refractivity contribution in [2.24, 2.45) is 0 Å². The van der Waals surface area contributed by atoms with Crippen molar-refractivity contribution in [3.05, 3.63) is 94.6 Å². The van der Waals surface area contributed by atoms with Crippen LogP contribution in [0.2, 0.25) is 0 Å². The molecule has 3 aromatic rings. The first-order chi connectivity index (χ1) is 17.0. The summed E-state index contributed by atoms with van der Waals surface area (Å²) in [6, 6.07) is 16.4. The first kappa shape index (κ1) is 24.4. The van der Waals surface area contributed by atoms with E-state index in [2.05, 4.69) is 16.0 Å². The van der Waals surface area contributed by atoms with Gasteiger partial charge in [0.2, 0.25) is 0 Å². The quantitative estimate of drug-likeness (QED) is 0.394. The second-order valence-electron chi connectivity index (χ2n) is 8.47. The highest BCUT2D eigenvalue weighted by molar-refractivity contribution is 5.96. The van der Waals surface area contributed by atoms with Gasteiger partial charge in [-0.05, 0) is 79.5 Å². The fourth-order valence-electron chi connectivity index (χ4n) is 4.17. The van der Waals surface area contributed by atoms with Gasteiger partial charge in [-0.1, -0.05) is 31.2 Å². The predicted octanol–water partition coefficient (Wildman–Crippen LogP) is 5.96. The molecule has 0 saturated carbocycles. The molecule has 1 atom stereocenters. The lowest BCUT2D eigenvalue weighted by Crippen LogP contribution is -2.39. The standard InChI is InChI=1S/C28H29F2N3O2/c1-3-20(12-13-31-2)32-28(34)33-21-7-4-6-18(14-21)15-24-22-8-5-9-26(30)25(22)17-35-27-16-19(29)10-11-23(24)27/h4-11,14-16,20,31H,3,12-13,17H2,1-2H3,(H2,32,33,34)/b24-15+. The van der Waals surface area contributed by atoms with E-state index in [0.29, 0.717) is 33.7 Å². The first-order valence-corrected chi connectivity index (χ1v) is 11.7. The van der Waals surface area contributed by atoms with Crippen molar-refractivity contribution in [3.8, 4) is 5.75 Å². The second kappa shape index (κ2) is 11.1. The maximum Gasteiger partial charge on any atom is 0.319 e. The summed E-state index contributed by atoms with van der Waals surface area (Å²) >= 11 is 0. The van der Waals surface area contributed by atoms with E-state index in [9.17, 15) is 13.6 Å². The van der Waals surface area contributed by atoms with Gasteiger partial charge in [0.1, 0.15) is 24.0 Å². The van der Waals surface area contributed by atoms with E-state index in [0.717, 1.165) is 24.9 Å². The molecular formula is C28H29F2N3O2. The second-order valence-corrected chi connectivity index (χ2v) is 8.47. The monoisotopic (exact) mass is 477 g/mol. The zero-order valence-corrected chi connectivity index (χ0v) is 19.8. The molecule has 1 unspecified atom stereocenters. The van der Waals surface area contributed by atoms with Crippen LogP contribution in [0.4, 0.5) is 19.3 Å². The summed E-state index contributed by atoms with van der Waals surface area (Å²) in [5, 5.41) is 8.99. The lowest BCUT2D eigenvalue weighted by molar-refractivity contribution is 0.247. The molecule has 0 radical (unpaired) electrons. The molecule has 2 amide bonds. The number of nitrogens with one attached hydrogen (secondary N) is 3. The highest BCUT2D eigenvalue weighted by atomic mass is 19.1. The largest absolute Gasteiger partial charge is 0.488 e. The van der Waals surface area contributed by atoms with Crippen molar-refractivity contribution >= 4 is 23.4 Å². The maximum atomic E-state index is 14.6. The molecular weight excluding hydrogens is 448 g/mol. The SMILES string of the molecule is CCC(CCNC)NC(=O)Nc1cccc(/C=C2/c3ccc(F)cc3OCc3c(F)cccc32)c1. The summed E-state index contributed by atoms with van der Waals surface area (Å²) in [6.07, 6.45) is 3.57. The summed E-state index contributed by atoms with van der Waals surface area (Å²) < 4.78 is 34.3. The van der Waals surface area contributed by atoms with Gasteiger partial charge in [0, 0.05) is 28.9 Å². The molecule has 1 aliphatic rings. The van der Waals surface area contributed by atoms with Gasteiger partial charge >= 0.3 is 6.03 Å². The minimum Gasteiger partial charge on any atom is -0.488 e. The van der Waals surface area contributed by atoms with Gasteiger partial charge in [-0.15, -0.1) is 0 Å². The number of hydrogen-bond acceptors (Lipinski definition) is 3. The zero-order chi connectivity index (χ0) is 24.8. The number of anilines is 1. The molecule has 0 aromatic heterocycles. The molecule has 182 valence electrons. The normalized spacial score (nSPS) is 14.3. The molecule has 0 fully saturated rings. The number of halogens is 2. The Labute approximate surface area is 204 Å². The Morgan fingerprint density at radius 3 is 2.71 bits per heavy atom. The lowest BCUT2D eigenvalue weighted by atomic mass is 9.92. The Hall–Kier alpha value is -3.71. The molecule has 5 nitrogen and oxygen atoms in total. The zero-order valence-electron chi connectivity index (χ0n) is 19.8. The van der Waals surface area contributed by atoms with Crippen LogP contribution in [0.15, 0.2) is 60.7 Å². The molecule has 0 aliphatic carbocycles. The molecule has 35 heavy (non-hydrogen) atoms. The Balaban J connectivity index is 1.65. The molecule has 4 rings (SSSR count). The Morgan fingerprint density at radius 2 is 1.91 bits per heavy atom. The number of carbonyl (C=O) groups is 1. The number of urea groups is 1. The Bertz CT molecular complexity index is 1240. The molecule has 3 aromatic carbocycles. The van der Waals surface area contributed by atoms with Crippen LogP contribution >= 0.6 is 0 Å². The number of rotatable bonds is 7. The van der Waals surface area contributed by atoms with Crippen molar-refractivity contribution in [1.82, 2.24) is 10.6 Å². The van der Waals surface area contributed by atoms with Crippen LogP contribution in [0.3, 0.4) is 0 Å². The number of amides is 2. The van der Waals surface area contributed by atoms with Crippen LogP contribution in [0.1, 0.15) is 42.0 Å². The van der Waals surface area contributed by atoms with Crippen LogP contribution in [-0.4, -0.2) is 25.7 Å². The average Bonchev–Trinajstić information content (AvgIpc) is 2.99. The van der Waals surface area contributed by atoms with Crippen LogP contribution in [0, 0.1) is 11.6 Å². The molecule has 7 heteroatoms. The van der Waals surface area contributed by atoms with Crippen LogP contribution in [0.25, 0.3) is 11.6 Å². The molecule has 3 N–H and O–H groups in total.